The van der Waals surface area contributed by atoms with E-state index in [9.17, 15) is 0 Å². The summed E-state index contributed by atoms with van der Waals surface area (Å²) in [5.74, 6) is 0. The SMILES string of the molecule is CC(c1ccc(-c2ccccc2)c(-c2ccccc2)c1-c1ccccc1)(c1ccc(-c2ccccc2)c(-c2ccccc2)c1-c1ccccc1)c1ccc(-c2ccccc2)c(-c2ccccc2)c1-c1ccccc1. The van der Waals surface area contributed by atoms with E-state index in [1.54, 1.807) is 0 Å². The van der Waals surface area contributed by atoms with Crippen LogP contribution in [-0.2, 0) is 5.41 Å². The highest BCUT2D eigenvalue weighted by Gasteiger charge is 2.41. The highest BCUT2D eigenvalue weighted by molar-refractivity contribution is 6.03. The zero-order valence-electron chi connectivity index (χ0n) is 41.4. The fraction of sp³-hybridized carbons (Fsp3) is 0.0270. The van der Waals surface area contributed by atoms with Crippen LogP contribution in [0.4, 0.5) is 0 Å². The molecule has 0 fully saturated rings. The van der Waals surface area contributed by atoms with Crippen molar-refractivity contribution in [3.05, 3.63) is 326 Å². The van der Waals surface area contributed by atoms with Crippen molar-refractivity contribution in [3.63, 3.8) is 0 Å². The van der Waals surface area contributed by atoms with Gasteiger partial charge in [-0.05, 0) is 124 Å². The van der Waals surface area contributed by atoms with E-state index < -0.39 is 5.41 Å². The summed E-state index contributed by atoms with van der Waals surface area (Å²) >= 11 is 0. The summed E-state index contributed by atoms with van der Waals surface area (Å²) < 4.78 is 0. The van der Waals surface area contributed by atoms with Crippen molar-refractivity contribution in [1.82, 2.24) is 0 Å². The molecule has 0 aliphatic heterocycles. The third-order valence-corrected chi connectivity index (χ3v) is 14.9. The molecule has 0 aliphatic rings. The maximum atomic E-state index is 2.52. The molecule has 0 heteroatoms. The Kier molecular flexibility index (Phi) is 12.6. The summed E-state index contributed by atoms with van der Waals surface area (Å²) in [5.41, 5.74) is 23.9. The molecule has 0 nitrogen and oxygen atoms in total. The molecule has 0 atom stereocenters. The van der Waals surface area contributed by atoms with Gasteiger partial charge in [-0.1, -0.05) is 309 Å². The molecule has 0 aliphatic carbocycles. The Labute approximate surface area is 436 Å². The van der Waals surface area contributed by atoms with Crippen molar-refractivity contribution in [2.75, 3.05) is 0 Å². The lowest BCUT2D eigenvalue weighted by Crippen LogP contribution is -2.29. The van der Waals surface area contributed by atoms with Crippen molar-refractivity contribution >= 4 is 0 Å². The first-order chi connectivity index (χ1) is 36.7. The third kappa shape index (κ3) is 8.47. The molecule has 0 saturated heterocycles. The van der Waals surface area contributed by atoms with Gasteiger partial charge in [-0.2, -0.15) is 0 Å². The fourth-order valence-electron chi connectivity index (χ4n) is 11.5. The molecule has 12 rings (SSSR count). The minimum atomic E-state index is -0.863. The summed E-state index contributed by atoms with van der Waals surface area (Å²) in [4.78, 5) is 0. The summed E-state index contributed by atoms with van der Waals surface area (Å²) in [5, 5.41) is 0. The second-order valence-corrected chi connectivity index (χ2v) is 19.2. The molecule has 0 saturated carbocycles. The van der Waals surface area contributed by atoms with Gasteiger partial charge in [0.1, 0.15) is 0 Å². The van der Waals surface area contributed by atoms with Crippen LogP contribution in [0, 0.1) is 0 Å². The van der Waals surface area contributed by atoms with Gasteiger partial charge < -0.3 is 0 Å². The molecule has 0 bridgehead atoms. The quantitative estimate of drug-likeness (QED) is 0.107. The van der Waals surface area contributed by atoms with Crippen LogP contribution in [0.1, 0.15) is 23.6 Å². The molecular weight excluding hydrogens is 889 g/mol. The maximum absolute atomic E-state index is 2.52. The molecule has 0 radical (unpaired) electrons. The summed E-state index contributed by atoms with van der Waals surface area (Å²) in [6.45, 7) is 2.52. The van der Waals surface area contributed by atoms with Gasteiger partial charge in [0, 0.05) is 5.41 Å². The zero-order valence-corrected chi connectivity index (χ0v) is 41.4. The molecule has 0 aromatic heterocycles. The predicted octanol–water partition coefficient (Wildman–Crippen LogP) is 20.0. The van der Waals surface area contributed by atoms with E-state index in [-0.39, 0.29) is 0 Å². The molecule has 12 aromatic carbocycles. The van der Waals surface area contributed by atoms with Crippen LogP contribution in [0.3, 0.4) is 0 Å². The van der Waals surface area contributed by atoms with E-state index in [1.807, 2.05) is 0 Å². The molecule has 0 spiro atoms. The second kappa shape index (κ2) is 20.4. The Morgan fingerprint density at radius 2 is 0.324 bits per heavy atom. The largest absolute Gasteiger partial charge is 0.0622 e. The van der Waals surface area contributed by atoms with Gasteiger partial charge in [-0.25, -0.2) is 0 Å². The van der Waals surface area contributed by atoms with Gasteiger partial charge >= 0.3 is 0 Å². The first-order valence-electron chi connectivity index (χ1n) is 25.7. The molecule has 0 unspecified atom stereocenters. The van der Waals surface area contributed by atoms with Crippen molar-refractivity contribution in [2.24, 2.45) is 0 Å². The lowest BCUT2D eigenvalue weighted by molar-refractivity contribution is 0.699. The first kappa shape index (κ1) is 45.8. The molecule has 350 valence electrons. The average molecular weight is 943 g/mol. The topological polar surface area (TPSA) is 0 Å². The van der Waals surface area contributed by atoms with Crippen molar-refractivity contribution in [2.45, 2.75) is 12.3 Å². The van der Waals surface area contributed by atoms with Gasteiger partial charge in [-0.3, -0.25) is 0 Å². The third-order valence-electron chi connectivity index (χ3n) is 14.9. The molecule has 0 heterocycles. The second-order valence-electron chi connectivity index (χ2n) is 19.2. The Morgan fingerprint density at radius 3 is 0.514 bits per heavy atom. The van der Waals surface area contributed by atoms with Gasteiger partial charge in [-0.15, -0.1) is 0 Å². The minimum absolute atomic E-state index is 0.863. The molecule has 74 heavy (non-hydrogen) atoms. The summed E-state index contributed by atoms with van der Waals surface area (Å²) in [7, 11) is 0. The van der Waals surface area contributed by atoms with Crippen LogP contribution in [0.2, 0.25) is 0 Å². The number of hydrogen-bond donors (Lipinski definition) is 0. The van der Waals surface area contributed by atoms with E-state index in [0.717, 1.165) is 33.4 Å². The fourth-order valence-corrected chi connectivity index (χ4v) is 11.5. The van der Waals surface area contributed by atoms with E-state index in [1.165, 1.54) is 83.5 Å². The number of hydrogen-bond acceptors (Lipinski definition) is 0. The lowest BCUT2D eigenvalue weighted by atomic mass is 9.62. The van der Waals surface area contributed by atoms with Gasteiger partial charge in [0.05, 0.1) is 0 Å². The van der Waals surface area contributed by atoms with E-state index in [0.29, 0.717) is 0 Å². The predicted molar refractivity (Wildman–Crippen MR) is 314 cm³/mol. The first-order valence-corrected chi connectivity index (χ1v) is 25.7. The van der Waals surface area contributed by atoms with Crippen LogP contribution in [0.25, 0.3) is 100 Å². The summed E-state index contributed by atoms with van der Waals surface area (Å²) in [6.07, 6.45) is 0. The maximum Gasteiger partial charge on any atom is 0.0442 e. The molecule has 0 N–H and O–H groups in total. The lowest BCUT2D eigenvalue weighted by Gasteiger charge is -2.40. The zero-order chi connectivity index (χ0) is 49.7. The van der Waals surface area contributed by atoms with Crippen molar-refractivity contribution < 1.29 is 0 Å². The Morgan fingerprint density at radius 1 is 0.162 bits per heavy atom. The normalized spacial score (nSPS) is 11.3. The van der Waals surface area contributed by atoms with Gasteiger partial charge in [0.2, 0.25) is 0 Å². The molecule has 0 amide bonds. The van der Waals surface area contributed by atoms with E-state index in [2.05, 4.69) is 316 Å². The smallest absolute Gasteiger partial charge is 0.0442 e. The van der Waals surface area contributed by atoms with Crippen LogP contribution >= 0.6 is 0 Å². The van der Waals surface area contributed by atoms with Crippen molar-refractivity contribution in [3.8, 4) is 100 Å². The molecule has 12 aromatic rings. The number of rotatable bonds is 12. The Bertz CT molecular complexity index is 3410. The minimum Gasteiger partial charge on any atom is -0.0622 e. The Hall–Kier alpha value is -9.36. The van der Waals surface area contributed by atoms with Gasteiger partial charge in [0.15, 0.2) is 0 Å². The highest BCUT2D eigenvalue weighted by Crippen LogP contribution is 2.57. The standard InChI is InChI=1S/C74H54/c1-74(65-50-47-62(53-29-11-2-12-30-53)68(56-35-17-5-18-36-56)71(65)59-41-23-8-24-42-59,66-51-48-63(54-31-13-3-14-32-54)69(57-37-19-6-20-38-57)72(66)60-43-25-9-26-44-60)67-52-49-64(55-33-15-4-16-34-55)70(58-39-21-7-22-40-58)73(67)61-45-27-10-28-46-61/h2-52H,1H3. The number of benzene rings is 12. The van der Waals surface area contributed by atoms with Crippen LogP contribution in [0.15, 0.2) is 309 Å². The van der Waals surface area contributed by atoms with E-state index in [4.69, 9.17) is 0 Å². The highest BCUT2D eigenvalue weighted by atomic mass is 14.4. The average Bonchev–Trinajstić information content (AvgIpc) is 3.53. The van der Waals surface area contributed by atoms with Crippen LogP contribution in [0.5, 0.6) is 0 Å². The van der Waals surface area contributed by atoms with Crippen LogP contribution < -0.4 is 0 Å². The Balaban J connectivity index is 1.34. The van der Waals surface area contributed by atoms with Crippen LogP contribution in [-0.4, -0.2) is 0 Å². The monoisotopic (exact) mass is 942 g/mol. The van der Waals surface area contributed by atoms with E-state index >= 15 is 0 Å². The summed E-state index contributed by atoms with van der Waals surface area (Å²) in [6, 6.07) is 114. The van der Waals surface area contributed by atoms with Crippen molar-refractivity contribution in [1.29, 1.82) is 0 Å². The van der Waals surface area contributed by atoms with Gasteiger partial charge in [0.25, 0.3) is 0 Å². The molecular formula is C74H54.